The summed E-state index contributed by atoms with van der Waals surface area (Å²) in [7, 11) is 0. The highest BCUT2D eigenvalue weighted by molar-refractivity contribution is 7.19. The first-order valence-electron chi connectivity index (χ1n) is 10.1. The average molecular weight is 447 g/mol. The number of hydrogen-bond donors (Lipinski definition) is 1. The minimum atomic E-state index is -0.623. The van der Waals surface area contributed by atoms with Crippen LogP contribution in [0.25, 0.3) is 11.5 Å². The van der Waals surface area contributed by atoms with E-state index in [9.17, 15) is 9.59 Å². The molecule has 30 heavy (non-hydrogen) atoms. The van der Waals surface area contributed by atoms with E-state index < -0.39 is 6.04 Å². The fourth-order valence-electron chi connectivity index (χ4n) is 4.17. The lowest BCUT2D eigenvalue weighted by atomic mass is 9.84. The van der Waals surface area contributed by atoms with Crippen LogP contribution in [-0.4, -0.2) is 20.4 Å². The van der Waals surface area contributed by atoms with Gasteiger partial charge in [-0.25, -0.2) is 9.97 Å². The maximum atomic E-state index is 13.2. The van der Waals surface area contributed by atoms with E-state index in [4.69, 9.17) is 16.0 Å². The van der Waals surface area contributed by atoms with Gasteiger partial charge in [-0.15, -0.1) is 0 Å². The van der Waals surface area contributed by atoms with Gasteiger partial charge in [-0.2, -0.15) is 0 Å². The largest absolute Gasteiger partial charge is 0.445 e. The van der Waals surface area contributed by atoms with E-state index >= 15 is 0 Å². The number of aryl methyl sites for hydroxylation is 1. The molecule has 3 aromatic rings. The summed E-state index contributed by atoms with van der Waals surface area (Å²) in [6.07, 6.45) is 10.8. The molecule has 4 rings (SSSR count). The van der Waals surface area contributed by atoms with E-state index in [1.54, 1.807) is 4.57 Å². The van der Waals surface area contributed by atoms with Gasteiger partial charge in [0.25, 0.3) is 5.56 Å². The third kappa shape index (κ3) is 4.65. The lowest BCUT2D eigenvalue weighted by Gasteiger charge is -2.28. The van der Waals surface area contributed by atoms with Gasteiger partial charge in [0.05, 0.1) is 12.4 Å². The minimum absolute atomic E-state index is 0.249. The first-order valence-corrected chi connectivity index (χ1v) is 11.3. The minimum Gasteiger partial charge on any atom is -0.445 e. The lowest BCUT2D eigenvalue weighted by Crippen LogP contribution is -2.36. The number of carbonyl (C=O) groups is 1. The van der Waals surface area contributed by atoms with E-state index in [0.717, 1.165) is 25.7 Å². The molecule has 1 saturated carbocycles. The van der Waals surface area contributed by atoms with E-state index in [2.05, 4.69) is 15.3 Å². The van der Waals surface area contributed by atoms with Gasteiger partial charge in [0.2, 0.25) is 11.8 Å². The van der Waals surface area contributed by atoms with Crippen molar-refractivity contribution in [1.29, 1.82) is 0 Å². The Labute approximate surface area is 183 Å². The Balaban J connectivity index is 1.67. The predicted molar refractivity (Wildman–Crippen MR) is 117 cm³/mol. The molecule has 0 aliphatic heterocycles. The molecule has 158 valence electrons. The van der Waals surface area contributed by atoms with Crippen molar-refractivity contribution in [3.63, 3.8) is 0 Å². The van der Waals surface area contributed by atoms with Gasteiger partial charge in [0.1, 0.15) is 16.6 Å². The zero-order valence-corrected chi connectivity index (χ0v) is 18.2. The highest BCUT2D eigenvalue weighted by Gasteiger charge is 2.28. The third-order valence-electron chi connectivity index (χ3n) is 5.54. The third-order valence-corrected chi connectivity index (χ3v) is 6.57. The van der Waals surface area contributed by atoms with Crippen molar-refractivity contribution in [2.45, 2.75) is 51.5 Å². The number of anilines is 1. The van der Waals surface area contributed by atoms with Crippen LogP contribution >= 0.6 is 22.9 Å². The summed E-state index contributed by atoms with van der Waals surface area (Å²) in [4.78, 5) is 34.6. The number of oxazole rings is 1. The van der Waals surface area contributed by atoms with Crippen LogP contribution in [0.15, 0.2) is 40.0 Å². The van der Waals surface area contributed by atoms with Crippen molar-refractivity contribution < 1.29 is 9.21 Å². The molecular weight excluding hydrogens is 424 g/mol. The number of nitrogens with zero attached hydrogens (tertiary/aromatic N) is 3. The molecule has 0 radical (unpaired) electrons. The number of nitrogens with one attached hydrogen (secondary N) is 1. The van der Waals surface area contributed by atoms with E-state index in [0.29, 0.717) is 39.0 Å². The van der Waals surface area contributed by atoms with Crippen LogP contribution in [0.1, 0.15) is 50.3 Å². The molecule has 0 aromatic carbocycles. The maximum Gasteiger partial charge on any atom is 0.252 e. The molecule has 0 saturated heterocycles. The summed E-state index contributed by atoms with van der Waals surface area (Å²) in [5, 5.41) is 3.27. The van der Waals surface area contributed by atoms with Gasteiger partial charge in [-0.05, 0) is 25.3 Å². The number of halogens is 1. The lowest BCUT2D eigenvalue weighted by molar-refractivity contribution is -0.120. The van der Waals surface area contributed by atoms with Gasteiger partial charge >= 0.3 is 0 Å². The fourth-order valence-corrected chi connectivity index (χ4v) is 4.99. The van der Waals surface area contributed by atoms with Gasteiger partial charge in [-0.3, -0.25) is 9.59 Å². The zero-order valence-electron chi connectivity index (χ0n) is 16.6. The topological polar surface area (TPSA) is 90.0 Å². The zero-order chi connectivity index (χ0) is 21.1. The van der Waals surface area contributed by atoms with Crippen LogP contribution < -0.4 is 10.9 Å². The molecule has 1 fully saturated rings. The molecule has 3 heterocycles. The fraction of sp³-hybridized carbons (Fsp3) is 0.429. The second-order valence-corrected chi connectivity index (χ2v) is 9.31. The second kappa shape index (κ2) is 9.14. The van der Waals surface area contributed by atoms with Crippen LogP contribution in [0.2, 0.25) is 4.34 Å². The Kier molecular flexibility index (Phi) is 6.34. The SMILES string of the molecule is Cc1cc(-c2ncco2)cc(=O)n1C(CC1CCCCC1)C(=O)Nc1ncc(Cl)s1. The highest BCUT2D eigenvalue weighted by atomic mass is 35.5. The van der Waals surface area contributed by atoms with Crippen molar-refractivity contribution in [2.24, 2.45) is 5.92 Å². The summed E-state index contributed by atoms with van der Waals surface area (Å²) in [5.74, 6) is 0.542. The molecular formula is C21H23ClN4O3S. The number of rotatable bonds is 6. The Morgan fingerprint density at radius 2 is 2.13 bits per heavy atom. The molecule has 1 aliphatic carbocycles. The monoisotopic (exact) mass is 446 g/mol. The summed E-state index contributed by atoms with van der Waals surface area (Å²) < 4.78 is 7.40. The van der Waals surface area contributed by atoms with Gasteiger partial charge < -0.3 is 14.3 Å². The first-order chi connectivity index (χ1) is 14.5. The van der Waals surface area contributed by atoms with Crippen molar-refractivity contribution >= 4 is 34.0 Å². The molecule has 3 aromatic heterocycles. The van der Waals surface area contributed by atoms with Gasteiger partial charge in [-0.1, -0.05) is 55.0 Å². The van der Waals surface area contributed by atoms with Crippen molar-refractivity contribution in [2.75, 3.05) is 5.32 Å². The Morgan fingerprint density at radius 1 is 1.33 bits per heavy atom. The number of amides is 1. The van der Waals surface area contributed by atoms with Gasteiger partial charge in [0, 0.05) is 17.3 Å². The Hall–Kier alpha value is -2.45. The van der Waals surface area contributed by atoms with Crippen LogP contribution in [0, 0.1) is 12.8 Å². The molecule has 0 spiro atoms. The summed E-state index contributed by atoms with van der Waals surface area (Å²) >= 11 is 7.15. The normalized spacial score (nSPS) is 15.8. The molecule has 1 aliphatic rings. The molecule has 0 bridgehead atoms. The number of hydrogen-bond acceptors (Lipinski definition) is 6. The van der Waals surface area contributed by atoms with Crippen LogP contribution in [-0.2, 0) is 4.79 Å². The highest BCUT2D eigenvalue weighted by Crippen LogP contribution is 2.32. The van der Waals surface area contributed by atoms with Crippen LogP contribution in [0.3, 0.4) is 0 Å². The molecule has 7 nitrogen and oxygen atoms in total. The number of aromatic nitrogens is 3. The Morgan fingerprint density at radius 3 is 2.77 bits per heavy atom. The van der Waals surface area contributed by atoms with E-state index in [-0.39, 0.29) is 11.5 Å². The number of pyridine rings is 1. The molecule has 1 N–H and O–H groups in total. The van der Waals surface area contributed by atoms with E-state index in [1.807, 2.05) is 13.0 Å². The molecule has 1 amide bonds. The quantitative estimate of drug-likeness (QED) is 0.570. The Bertz CT molecular complexity index is 1070. The number of carbonyl (C=O) groups excluding carboxylic acids is 1. The molecule has 1 unspecified atom stereocenters. The maximum absolute atomic E-state index is 13.2. The van der Waals surface area contributed by atoms with Crippen molar-refractivity contribution in [3.05, 3.63) is 51.2 Å². The summed E-state index contributed by atoms with van der Waals surface area (Å²) in [6, 6.07) is 2.68. The standard InChI is InChI=1S/C21H23ClN4O3S/c1-13-9-15(20-23-7-8-29-20)11-18(27)26(13)16(10-14-5-3-2-4-6-14)19(28)25-21-24-12-17(22)30-21/h7-9,11-12,14,16H,2-6,10H2,1H3,(H,24,25,28). The predicted octanol–water partition coefficient (Wildman–Crippen LogP) is 5.07. The second-order valence-electron chi connectivity index (χ2n) is 7.65. The summed E-state index contributed by atoms with van der Waals surface area (Å²) in [6.45, 7) is 1.83. The van der Waals surface area contributed by atoms with Crippen molar-refractivity contribution in [1.82, 2.24) is 14.5 Å². The van der Waals surface area contributed by atoms with Crippen molar-refractivity contribution in [3.8, 4) is 11.5 Å². The van der Waals surface area contributed by atoms with Crippen LogP contribution in [0.5, 0.6) is 0 Å². The smallest absolute Gasteiger partial charge is 0.252 e. The summed E-state index contributed by atoms with van der Waals surface area (Å²) in [5.41, 5.74) is 1.03. The van der Waals surface area contributed by atoms with Gasteiger partial charge in [0.15, 0.2) is 5.13 Å². The van der Waals surface area contributed by atoms with E-state index in [1.165, 1.54) is 42.5 Å². The first kappa shape index (κ1) is 20.8. The molecule has 1 atom stereocenters. The number of thiazole rings is 1. The average Bonchev–Trinajstić information content (AvgIpc) is 3.39. The molecule has 9 heteroatoms. The van der Waals surface area contributed by atoms with Crippen LogP contribution in [0.4, 0.5) is 5.13 Å².